The molecule has 0 atom stereocenters. The van der Waals surface area contributed by atoms with Gasteiger partial charge in [-0.3, -0.25) is 0 Å². The molecule has 0 aliphatic heterocycles. The smallest absolute Gasteiger partial charge is 0.167 e. The van der Waals surface area contributed by atoms with Crippen LogP contribution >= 0.6 is 0 Å². The number of aromatic nitrogens is 1. The van der Waals surface area contributed by atoms with Gasteiger partial charge in [0.25, 0.3) is 0 Å². The first-order valence-corrected chi connectivity index (χ1v) is 4.88. The molecule has 74 valence electrons. The normalized spacial score (nSPS) is 12.2. The van der Waals surface area contributed by atoms with Crippen LogP contribution in [-0.2, 0) is 6.42 Å². The predicted molar refractivity (Wildman–Crippen MR) is 57.2 cm³/mol. The Hall–Kier alpha value is -1.31. The summed E-state index contributed by atoms with van der Waals surface area (Å²) >= 11 is 0. The molecule has 0 saturated heterocycles. The number of nitrogens with zero attached hydrogens (tertiary/aromatic N) is 1. The van der Waals surface area contributed by atoms with Crippen LogP contribution in [0.4, 0.5) is 0 Å². The Balaban J connectivity index is 2.46. The molecule has 2 aromatic rings. The number of rotatable bonds is 1. The van der Waals surface area contributed by atoms with E-state index in [4.69, 9.17) is 4.52 Å². The van der Waals surface area contributed by atoms with Crippen molar-refractivity contribution in [3.63, 3.8) is 0 Å². The van der Waals surface area contributed by atoms with Crippen LogP contribution in [0.3, 0.4) is 0 Å². The Bertz CT molecular complexity index is 437. The van der Waals surface area contributed by atoms with Crippen LogP contribution in [0.15, 0.2) is 28.9 Å². The summed E-state index contributed by atoms with van der Waals surface area (Å²) in [4.78, 5) is 0. The van der Waals surface area contributed by atoms with Crippen molar-refractivity contribution < 1.29 is 4.52 Å². The minimum atomic E-state index is 0.297. The Morgan fingerprint density at radius 2 is 2.07 bits per heavy atom. The zero-order valence-corrected chi connectivity index (χ0v) is 8.87. The average molecular weight is 189 g/mol. The van der Waals surface area contributed by atoms with Gasteiger partial charge in [0, 0.05) is 5.39 Å². The summed E-state index contributed by atoms with van der Waals surface area (Å²) in [6, 6.07) is 6.12. The first-order chi connectivity index (χ1) is 6.56. The van der Waals surface area contributed by atoms with Crippen molar-refractivity contribution in [3.8, 4) is 0 Å². The van der Waals surface area contributed by atoms with Gasteiger partial charge >= 0.3 is 0 Å². The summed E-state index contributed by atoms with van der Waals surface area (Å²) in [6.07, 6.45) is 2.85. The highest BCUT2D eigenvalue weighted by molar-refractivity contribution is 5.79. The SMILES string of the molecule is CC(C)(C)Cc1cccc2oncc12. The van der Waals surface area contributed by atoms with Crippen LogP contribution < -0.4 is 0 Å². The molecular formula is C12H15NO. The van der Waals surface area contributed by atoms with Gasteiger partial charge < -0.3 is 4.52 Å². The molecule has 2 nitrogen and oxygen atoms in total. The van der Waals surface area contributed by atoms with E-state index in [1.54, 1.807) is 6.20 Å². The lowest BCUT2D eigenvalue weighted by Crippen LogP contribution is -2.09. The fourth-order valence-corrected chi connectivity index (χ4v) is 1.68. The van der Waals surface area contributed by atoms with Crippen LogP contribution in [0.1, 0.15) is 26.3 Å². The van der Waals surface area contributed by atoms with Gasteiger partial charge in [-0.1, -0.05) is 38.1 Å². The van der Waals surface area contributed by atoms with Gasteiger partial charge in [-0.25, -0.2) is 0 Å². The summed E-state index contributed by atoms with van der Waals surface area (Å²) in [6.45, 7) is 6.71. The molecule has 0 N–H and O–H groups in total. The van der Waals surface area contributed by atoms with Crippen LogP contribution in [0.2, 0.25) is 0 Å². The third-order valence-corrected chi connectivity index (χ3v) is 2.21. The Morgan fingerprint density at radius 1 is 1.29 bits per heavy atom. The highest BCUT2D eigenvalue weighted by Gasteiger charge is 2.14. The van der Waals surface area contributed by atoms with Crippen molar-refractivity contribution in [3.05, 3.63) is 30.0 Å². The van der Waals surface area contributed by atoms with E-state index in [1.165, 1.54) is 5.56 Å². The maximum atomic E-state index is 5.12. The molecule has 1 aromatic carbocycles. The molecule has 0 saturated carbocycles. The molecule has 2 heteroatoms. The summed E-state index contributed by atoms with van der Waals surface area (Å²) in [5.41, 5.74) is 2.49. The van der Waals surface area contributed by atoms with Crippen LogP contribution in [0, 0.1) is 5.41 Å². The first-order valence-electron chi connectivity index (χ1n) is 4.88. The maximum absolute atomic E-state index is 5.12. The molecule has 0 bridgehead atoms. The first kappa shape index (κ1) is 9.25. The molecule has 0 radical (unpaired) electrons. The standard InChI is InChI=1S/C12H15NO/c1-12(2,3)7-9-5-4-6-11-10(9)8-13-14-11/h4-6,8H,7H2,1-3H3. The van der Waals surface area contributed by atoms with Crippen molar-refractivity contribution >= 4 is 11.0 Å². The van der Waals surface area contributed by atoms with Crippen molar-refractivity contribution in [2.24, 2.45) is 5.41 Å². The molecule has 0 fully saturated rings. The highest BCUT2D eigenvalue weighted by atomic mass is 16.5. The van der Waals surface area contributed by atoms with E-state index >= 15 is 0 Å². The summed E-state index contributed by atoms with van der Waals surface area (Å²) in [7, 11) is 0. The van der Waals surface area contributed by atoms with E-state index in [0.29, 0.717) is 5.41 Å². The molecule has 1 aromatic heterocycles. The van der Waals surface area contributed by atoms with E-state index in [9.17, 15) is 0 Å². The van der Waals surface area contributed by atoms with E-state index in [1.807, 2.05) is 12.1 Å². The van der Waals surface area contributed by atoms with Crippen molar-refractivity contribution in [2.75, 3.05) is 0 Å². The van der Waals surface area contributed by atoms with E-state index in [-0.39, 0.29) is 0 Å². The minimum Gasteiger partial charge on any atom is -0.356 e. The fourth-order valence-electron chi connectivity index (χ4n) is 1.68. The summed E-state index contributed by atoms with van der Waals surface area (Å²) in [5, 5.41) is 4.96. The number of fused-ring (bicyclic) bond motifs is 1. The second kappa shape index (κ2) is 3.12. The van der Waals surface area contributed by atoms with Crippen molar-refractivity contribution in [1.82, 2.24) is 5.16 Å². The lowest BCUT2D eigenvalue weighted by molar-refractivity contribution is 0.412. The lowest BCUT2D eigenvalue weighted by Gasteiger charge is -2.18. The van der Waals surface area contributed by atoms with Crippen molar-refractivity contribution in [2.45, 2.75) is 27.2 Å². The molecule has 2 rings (SSSR count). The lowest BCUT2D eigenvalue weighted by atomic mass is 9.87. The van der Waals surface area contributed by atoms with Gasteiger partial charge in [0.05, 0.1) is 6.20 Å². The molecule has 14 heavy (non-hydrogen) atoms. The second-order valence-electron chi connectivity index (χ2n) is 4.89. The van der Waals surface area contributed by atoms with Crippen LogP contribution in [0.25, 0.3) is 11.0 Å². The molecule has 0 amide bonds. The largest absolute Gasteiger partial charge is 0.356 e. The van der Waals surface area contributed by atoms with Gasteiger partial charge in [0.1, 0.15) is 0 Å². The van der Waals surface area contributed by atoms with E-state index in [2.05, 4.69) is 32.0 Å². The number of hydrogen-bond acceptors (Lipinski definition) is 2. The monoisotopic (exact) mass is 189 g/mol. The van der Waals surface area contributed by atoms with Crippen LogP contribution in [0.5, 0.6) is 0 Å². The summed E-state index contributed by atoms with van der Waals surface area (Å²) < 4.78 is 5.12. The highest BCUT2D eigenvalue weighted by Crippen LogP contribution is 2.26. The van der Waals surface area contributed by atoms with Crippen LogP contribution in [-0.4, -0.2) is 5.16 Å². The zero-order valence-electron chi connectivity index (χ0n) is 8.87. The fraction of sp³-hybridized carbons (Fsp3) is 0.417. The van der Waals surface area contributed by atoms with Gasteiger partial charge in [0.2, 0.25) is 0 Å². The van der Waals surface area contributed by atoms with Gasteiger partial charge in [-0.05, 0) is 23.5 Å². The molecule has 1 heterocycles. The molecular weight excluding hydrogens is 174 g/mol. The average Bonchev–Trinajstić information content (AvgIpc) is 2.49. The van der Waals surface area contributed by atoms with Crippen molar-refractivity contribution in [1.29, 1.82) is 0 Å². The van der Waals surface area contributed by atoms with E-state index in [0.717, 1.165) is 17.4 Å². The third kappa shape index (κ3) is 1.79. The van der Waals surface area contributed by atoms with Gasteiger partial charge in [-0.15, -0.1) is 0 Å². The minimum absolute atomic E-state index is 0.297. The predicted octanol–water partition coefficient (Wildman–Crippen LogP) is 3.42. The Kier molecular flexibility index (Phi) is 2.06. The molecule has 0 aliphatic rings. The van der Waals surface area contributed by atoms with Gasteiger partial charge in [0.15, 0.2) is 5.58 Å². The van der Waals surface area contributed by atoms with Gasteiger partial charge in [-0.2, -0.15) is 0 Å². The number of benzene rings is 1. The Labute approximate surface area is 83.9 Å². The third-order valence-electron chi connectivity index (χ3n) is 2.21. The Morgan fingerprint density at radius 3 is 2.79 bits per heavy atom. The van der Waals surface area contributed by atoms with E-state index < -0.39 is 0 Å². The number of hydrogen-bond donors (Lipinski definition) is 0. The maximum Gasteiger partial charge on any atom is 0.167 e. The topological polar surface area (TPSA) is 26.0 Å². The zero-order chi connectivity index (χ0) is 10.2. The quantitative estimate of drug-likeness (QED) is 0.687. The summed E-state index contributed by atoms with van der Waals surface area (Å²) in [5.74, 6) is 0. The molecule has 0 spiro atoms. The molecule has 0 aliphatic carbocycles. The second-order valence-corrected chi connectivity index (χ2v) is 4.89. The molecule has 0 unspecified atom stereocenters.